The van der Waals surface area contributed by atoms with Gasteiger partial charge in [-0.1, -0.05) is 6.07 Å². The predicted molar refractivity (Wildman–Crippen MR) is 114 cm³/mol. The van der Waals surface area contributed by atoms with E-state index in [0.717, 1.165) is 62.3 Å². The minimum absolute atomic E-state index is 0.130. The molecule has 6 heteroatoms. The van der Waals surface area contributed by atoms with Gasteiger partial charge in [-0.15, -0.1) is 5.73 Å². The summed E-state index contributed by atoms with van der Waals surface area (Å²) in [7, 11) is 0. The van der Waals surface area contributed by atoms with Gasteiger partial charge in [-0.25, -0.2) is 0 Å². The number of carbonyl (C=O) groups excluding carboxylic acids is 1. The molecule has 2 aliphatic carbocycles. The molecule has 0 bridgehead atoms. The van der Waals surface area contributed by atoms with Crippen molar-refractivity contribution in [1.82, 2.24) is 14.8 Å². The summed E-state index contributed by atoms with van der Waals surface area (Å²) in [4.78, 5) is 22.4. The first-order chi connectivity index (χ1) is 15.2. The minimum atomic E-state index is -0.140. The van der Waals surface area contributed by atoms with Gasteiger partial charge >= 0.3 is 0 Å². The van der Waals surface area contributed by atoms with Crippen LogP contribution in [0.15, 0.2) is 64.9 Å². The Bertz CT molecular complexity index is 1020. The molecule has 0 radical (unpaired) electrons. The van der Waals surface area contributed by atoms with Crippen molar-refractivity contribution in [1.29, 1.82) is 0 Å². The van der Waals surface area contributed by atoms with Crippen LogP contribution in [0.5, 0.6) is 0 Å². The molecule has 1 aromatic rings. The molecule has 3 aliphatic heterocycles. The van der Waals surface area contributed by atoms with Gasteiger partial charge in [0.15, 0.2) is 11.5 Å². The topological polar surface area (TPSA) is 54.9 Å². The van der Waals surface area contributed by atoms with Crippen LogP contribution in [0.4, 0.5) is 0 Å². The van der Waals surface area contributed by atoms with Gasteiger partial charge in [-0.05, 0) is 69.3 Å². The number of piperidine rings is 1. The number of aromatic nitrogens is 1. The maximum absolute atomic E-state index is 13.3. The lowest BCUT2D eigenvalue weighted by molar-refractivity contribution is -0.127. The summed E-state index contributed by atoms with van der Waals surface area (Å²) in [5.74, 6) is 2.14. The molecule has 3 fully saturated rings. The molecule has 0 unspecified atom stereocenters. The van der Waals surface area contributed by atoms with E-state index in [2.05, 4.69) is 32.6 Å². The smallest absolute Gasteiger partial charge is 0.255 e. The van der Waals surface area contributed by atoms with Crippen LogP contribution in [-0.2, 0) is 20.8 Å². The molecule has 31 heavy (non-hydrogen) atoms. The van der Waals surface area contributed by atoms with Crippen LogP contribution in [0, 0.1) is 5.92 Å². The highest BCUT2D eigenvalue weighted by Gasteiger charge is 2.60. The van der Waals surface area contributed by atoms with Crippen molar-refractivity contribution in [3.63, 3.8) is 0 Å². The Labute approximate surface area is 182 Å². The Morgan fingerprint density at radius 3 is 2.77 bits per heavy atom. The quantitative estimate of drug-likeness (QED) is 0.688. The second-order valence-corrected chi connectivity index (χ2v) is 9.17. The highest BCUT2D eigenvalue weighted by Crippen LogP contribution is 2.56. The zero-order valence-corrected chi connectivity index (χ0v) is 17.7. The fraction of sp³-hybridized carbons (Fsp3) is 0.480. The van der Waals surface area contributed by atoms with Crippen LogP contribution in [0.1, 0.15) is 37.8 Å². The Morgan fingerprint density at radius 2 is 2.00 bits per heavy atom. The van der Waals surface area contributed by atoms with E-state index in [1.165, 1.54) is 12.8 Å². The second kappa shape index (κ2) is 7.40. The van der Waals surface area contributed by atoms with Crippen molar-refractivity contribution in [3.8, 4) is 0 Å². The van der Waals surface area contributed by atoms with E-state index in [1.54, 1.807) is 0 Å². The lowest BCUT2D eigenvalue weighted by Gasteiger charge is -2.33. The summed E-state index contributed by atoms with van der Waals surface area (Å²) in [6.07, 6.45) is 11.1. The molecule has 6 nitrogen and oxygen atoms in total. The van der Waals surface area contributed by atoms with Gasteiger partial charge in [0, 0.05) is 30.9 Å². The molecule has 0 aromatic carbocycles. The van der Waals surface area contributed by atoms with Gasteiger partial charge in [-0.2, -0.15) is 0 Å². The van der Waals surface area contributed by atoms with Crippen molar-refractivity contribution in [2.24, 2.45) is 5.92 Å². The van der Waals surface area contributed by atoms with E-state index < -0.39 is 0 Å². The number of ether oxygens (including phenoxy) is 2. The number of pyridine rings is 1. The highest BCUT2D eigenvalue weighted by atomic mass is 16.7. The second-order valence-electron chi connectivity index (χ2n) is 9.17. The summed E-state index contributed by atoms with van der Waals surface area (Å²) in [5, 5.41) is 0. The summed E-state index contributed by atoms with van der Waals surface area (Å²) < 4.78 is 11.0. The number of fused-ring (bicyclic) bond motifs is 2. The summed E-state index contributed by atoms with van der Waals surface area (Å²) in [5.41, 5.74) is 6.16. The molecule has 4 heterocycles. The molecule has 6 rings (SSSR count). The molecular formula is C25H27N3O3. The first-order valence-corrected chi connectivity index (χ1v) is 11.4. The number of carbonyl (C=O) groups is 1. The zero-order chi connectivity index (χ0) is 20.8. The standard InChI is InChI=1S/C25H27N3O3/c29-24-20-15-23-22(30-17-31-23)5-4-21(20)25(9-10-25)28(24)14-8-18-6-12-27(13-7-18)16-19-3-1-2-11-26-19/h1-3,5,11,15,18H,6-10,12-14,16-17H2. The van der Waals surface area contributed by atoms with Gasteiger partial charge in [0.1, 0.15) is 0 Å². The molecule has 0 atom stereocenters. The lowest BCUT2D eigenvalue weighted by atomic mass is 9.93. The fourth-order valence-corrected chi connectivity index (χ4v) is 5.39. The number of amides is 1. The normalized spacial score (nSPS) is 24.4. The Balaban J connectivity index is 1.09. The first kappa shape index (κ1) is 18.9. The fourth-order valence-electron chi connectivity index (χ4n) is 5.39. The van der Waals surface area contributed by atoms with E-state index >= 15 is 0 Å². The molecule has 2 saturated heterocycles. The third kappa shape index (κ3) is 3.31. The van der Waals surface area contributed by atoms with Gasteiger partial charge in [0.05, 0.1) is 16.8 Å². The van der Waals surface area contributed by atoms with E-state index in [-0.39, 0.29) is 18.2 Å². The monoisotopic (exact) mass is 417 g/mol. The average molecular weight is 418 g/mol. The summed E-state index contributed by atoms with van der Waals surface area (Å²) in [6.45, 7) is 4.18. The first-order valence-electron chi connectivity index (χ1n) is 11.4. The molecule has 160 valence electrons. The van der Waals surface area contributed by atoms with E-state index in [1.807, 2.05) is 24.4 Å². The van der Waals surface area contributed by atoms with Crippen molar-refractivity contribution in [3.05, 3.63) is 70.6 Å². The van der Waals surface area contributed by atoms with Crippen LogP contribution in [-0.4, -0.2) is 52.7 Å². The van der Waals surface area contributed by atoms with Crippen LogP contribution >= 0.6 is 0 Å². The molecule has 1 saturated carbocycles. The molecular weight excluding hydrogens is 390 g/mol. The minimum Gasteiger partial charge on any atom is -0.454 e. The number of hydrogen-bond donors (Lipinski definition) is 0. The maximum atomic E-state index is 13.3. The Kier molecular flexibility index (Phi) is 4.51. The van der Waals surface area contributed by atoms with Gasteiger partial charge in [-0.3, -0.25) is 14.7 Å². The van der Waals surface area contributed by atoms with E-state index in [4.69, 9.17) is 9.47 Å². The SMILES string of the molecule is O=C1C2=CC3=C(C=C=C2C2(CC2)N1CCC1CCN(Cc2ccccn2)CC1)OCO3. The highest BCUT2D eigenvalue weighted by molar-refractivity contribution is 6.04. The van der Waals surface area contributed by atoms with Gasteiger partial charge in [0.25, 0.3) is 5.91 Å². The lowest BCUT2D eigenvalue weighted by Crippen LogP contribution is -2.39. The largest absolute Gasteiger partial charge is 0.454 e. The van der Waals surface area contributed by atoms with Gasteiger partial charge in [0.2, 0.25) is 6.79 Å². The molecule has 0 N–H and O–H groups in total. The van der Waals surface area contributed by atoms with Crippen LogP contribution < -0.4 is 0 Å². The molecule has 1 amide bonds. The Morgan fingerprint density at radius 1 is 1.16 bits per heavy atom. The van der Waals surface area contributed by atoms with Crippen molar-refractivity contribution < 1.29 is 14.3 Å². The van der Waals surface area contributed by atoms with Crippen LogP contribution in [0.25, 0.3) is 0 Å². The summed E-state index contributed by atoms with van der Waals surface area (Å²) in [6, 6.07) is 6.12. The number of allylic oxidation sites excluding steroid dienone is 2. The molecule has 1 aromatic heterocycles. The van der Waals surface area contributed by atoms with Crippen molar-refractivity contribution in [2.75, 3.05) is 26.4 Å². The van der Waals surface area contributed by atoms with Crippen LogP contribution in [0.3, 0.4) is 0 Å². The number of rotatable bonds is 5. The predicted octanol–water partition coefficient (Wildman–Crippen LogP) is 3.30. The Hall–Kier alpha value is -2.82. The van der Waals surface area contributed by atoms with Crippen molar-refractivity contribution >= 4 is 5.91 Å². The van der Waals surface area contributed by atoms with Crippen molar-refractivity contribution in [2.45, 2.75) is 44.2 Å². The van der Waals surface area contributed by atoms with E-state index in [9.17, 15) is 4.79 Å². The number of likely N-dealkylation sites (tertiary alicyclic amines) is 2. The molecule has 1 spiro atoms. The zero-order valence-electron chi connectivity index (χ0n) is 17.7. The third-order valence-electron chi connectivity index (χ3n) is 7.33. The maximum Gasteiger partial charge on any atom is 0.255 e. The van der Waals surface area contributed by atoms with Crippen LogP contribution in [0.2, 0.25) is 0 Å². The number of hydrogen-bond acceptors (Lipinski definition) is 5. The van der Waals surface area contributed by atoms with E-state index in [0.29, 0.717) is 17.4 Å². The average Bonchev–Trinajstić information content (AvgIpc) is 3.46. The third-order valence-corrected chi connectivity index (χ3v) is 7.33. The molecule has 5 aliphatic rings. The summed E-state index contributed by atoms with van der Waals surface area (Å²) >= 11 is 0. The van der Waals surface area contributed by atoms with Gasteiger partial charge < -0.3 is 14.4 Å². The number of nitrogens with zero attached hydrogens (tertiary/aromatic N) is 3.